The minimum Gasteiger partial charge on any atom is -0.497 e. The summed E-state index contributed by atoms with van der Waals surface area (Å²) in [4.78, 5) is 2.35. The van der Waals surface area contributed by atoms with Gasteiger partial charge in [0.1, 0.15) is 12.4 Å². The van der Waals surface area contributed by atoms with Crippen molar-refractivity contribution in [1.29, 1.82) is 0 Å². The van der Waals surface area contributed by atoms with Gasteiger partial charge in [-0.05, 0) is 54.5 Å². The van der Waals surface area contributed by atoms with Crippen LogP contribution < -0.4 is 9.64 Å². The second-order valence-corrected chi connectivity index (χ2v) is 7.27. The van der Waals surface area contributed by atoms with E-state index in [0.29, 0.717) is 6.61 Å². The first kappa shape index (κ1) is 19.8. The Labute approximate surface area is 175 Å². The van der Waals surface area contributed by atoms with Crippen LogP contribution in [0.15, 0.2) is 54.6 Å². The van der Waals surface area contributed by atoms with Crippen LogP contribution in [0.5, 0.6) is 5.75 Å². The van der Waals surface area contributed by atoms with Gasteiger partial charge in [0.15, 0.2) is 0 Å². The maximum Gasteiger partial charge on any atom is 0.119 e. The third-order valence-corrected chi connectivity index (χ3v) is 5.29. The Bertz CT molecular complexity index is 919. The van der Waals surface area contributed by atoms with Gasteiger partial charge in [0.05, 0.1) is 37.4 Å². The molecular weight excluding hydrogens is 386 g/mol. The number of aromatic nitrogens is 2. The average molecular weight is 412 g/mol. The Balaban J connectivity index is 1.66. The number of nitrogens with zero attached hydrogens (tertiary/aromatic N) is 3. The molecule has 0 atom stereocenters. The van der Waals surface area contributed by atoms with Gasteiger partial charge in [-0.1, -0.05) is 12.1 Å². The molecular formula is C22H25N3O3S. The van der Waals surface area contributed by atoms with E-state index < -0.39 is 0 Å². The summed E-state index contributed by atoms with van der Waals surface area (Å²) in [7, 11) is 1.67. The SMILES string of the molecule is COc1ccc(-n2nc(COSC)cc2-c2ccc(N3CCOCC3)cc2)cc1. The Morgan fingerprint density at radius 2 is 1.69 bits per heavy atom. The second kappa shape index (κ2) is 9.35. The molecule has 0 saturated carbocycles. The molecule has 4 rings (SSSR count). The summed E-state index contributed by atoms with van der Waals surface area (Å²) in [5.41, 5.74) is 5.23. The van der Waals surface area contributed by atoms with Crippen LogP contribution in [0.3, 0.4) is 0 Å². The van der Waals surface area contributed by atoms with E-state index in [2.05, 4.69) is 35.2 Å². The van der Waals surface area contributed by atoms with E-state index in [9.17, 15) is 0 Å². The van der Waals surface area contributed by atoms with Crippen molar-refractivity contribution in [3.8, 4) is 22.7 Å². The number of morpholine rings is 1. The van der Waals surface area contributed by atoms with Gasteiger partial charge in [-0.15, -0.1) is 0 Å². The molecule has 1 aliphatic rings. The zero-order valence-electron chi connectivity index (χ0n) is 16.7. The maximum absolute atomic E-state index is 5.50. The van der Waals surface area contributed by atoms with Crippen LogP contribution in [-0.4, -0.2) is 49.4 Å². The van der Waals surface area contributed by atoms with Gasteiger partial charge in [0.25, 0.3) is 0 Å². The van der Waals surface area contributed by atoms with E-state index in [1.807, 2.05) is 35.2 Å². The topological polar surface area (TPSA) is 48.8 Å². The first-order valence-corrected chi connectivity index (χ1v) is 10.8. The van der Waals surface area contributed by atoms with Crippen molar-refractivity contribution in [3.63, 3.8) is 0 Å². The summed E-state index contributed by atoms with van der Waals surface area (Å²) in [6.45, 7) is 3.89. The predicted octanol–water partition coefficient (Wildman–Crippen LogP) is 4.18. The molecule has 152 valence electrons. The van der Waals surface area contributed by atoms with Crippen LogP contribution in [-0.2, 0) is 15.5 Å². The van der Waals surface area contributed by atoms with Crippen LogP contribution >= 0.6 is 12.0 Å². The minimum absolute atomic E-state index is 0.461. The van der Waals surface area contributed by atoms with Gasteiger partial charge in [0.2, 0.25) is 0 Å². The van der Waals surface area contributed by atoms with Crippen molar-refractivity contribution < 1.29 is 13.7 Å². The van der Waals surface area contributed by atoms with Gasteiger partial charge in [-0.3, -0.25) is 0 Å². The number of rotatable bonds is 7. The molecule has 0 bridgehead atoms. The summed E-state index contributed by atoms with van der Waals surface area (Å²) >= 11 is 1.34. The number of hydrogen-bond acceptors (Lipinski definition) is 6. The third kappa shape index (κ3) is 4.58. The molecule has 2 heterocycles. The fourth-order valence-electron chi connectivity index (χ4n) is 3.41. The Hall–Kier alpha value is -2.48. The fraction of sp³-hybridized carbons (Fsp3) is 0.318. The van der Waals surface area contributed by atoms with E-state index in [4.69, 9.17) is 18.8 Å². The normalized spacial score (nSPS) is 14.2. The molecule has 1 aromatic heterocycles. The second-order valence-electron chi connectivity index (χ2n) is 6.71. The standard InChI is InChI=1S/C22H25N3O3S/c1-26-21-9-7-20(8-10-21)25-22(15-18(23-25)16-28-29-2)17-3-5-19(6-4-17)24-11-13-27-14-12-24/h3-10,15H,11-14,16H2,1-2H3. The molecule has 29 heavy (non-hydrogen) atoms. The highest BCUT2D eigenvalue weighted by atomic mass is 32.2. The predicted molar refractivity (Wildman–Crippen MR) is 117 cm³/mol. The Morgan fingerprint density at radius 3 is 2.34 bits per heavy atom. The van der Waals surface area contributed by atoms with Gasteiger partial charge < -0.3 is 18.6 Å². The lowest BCUT2D eigenvalue weighted by Gasteiger charge is -2.28. The maximum atomic E-state index is 5.50. The van der Waals surface area contributed by atoms with Crippen molar-refractivity contribution in [3.05, 3.63) is 60.3 Å². The van der Waals surface area contributed by atoms with Crippen molar-refractivity contribution in [1.82, 2.24) is 9.78 Å². The molecule has 0 aliphatic carbocycles. The summed E-state index contributed by atoms with van der Waals surface area (Å²) in [5.74, 6) is 0.822. The lowest BCUT2D eigenvalue weighted by molar-refractivity contribution is 0.122. The van der Waals surface area contributed by atoms with Crippen molar-refractivity contribution in [2.24, 2.45) is 0 Å². The first-order chi connectivity index (χ1) is 14.3. The summed E-state index contributed by atoms with van der Waals surface area (Å²) in [6, 6.07) is 18.6. The molecule has 2 aromatic carbocycles. The molecule has 0 amide bonds. The number of anilines is 1. The largest absolute Gasteiger partial charge is 0.497 e. The quantitative estimate of drug-likeness (QED) is 0.544. The molecule has 1 aliphatic heterocycles. The number of ether oxygens (including phenoxy) is 2. The third-order valence-electron chi connectivity index (χ3n) is 4.94. The van der Waals surface area contributed by atoms with Gasteiger partial charge in [-0.25, -0.2) is 4.68 Å². The Morgan fingerprint density at radius 1 is 1.00 bits per heavy atom. The number of benzene rings is 2. The van der Waals surface area contributed by atoms with E-state index in [-0.39, 0.29) is 0 Å². The first-order valence-electron chi connectivity index (χ1n) is 9.60. The lowest BCUT2D eigenvalue weighted by Crippen LogP contribution is -2.36. The average Bonchev–Trinajstić information content (AvgIpc) is 3.22. The zero-order chi connectivity index (χ0) is 20.1. The van der Waals surface area contributed by atoms with E-state index in [0.717, 1.165) is 54.7 Å². The van der Waals surface area contributed by atoms with Gasteiger partial charge in [0, 0.05) is 30.6 Å². The van der Waals surface area contributed by atoms with Crippen molar-refractivity contribution in [2.75, 3.05) is 44.6 Å². The summed E-state index contributed by atoms with van der Waals surface area (Å²) in [6.07, 6.45) is 1.91. The van der Waals surface area contributed by atoms with Crippen LogP contribution in [0.1, 0.15) is 5.69 Å². The van der Waals surface area contributed by atoms with Crippen LogP contribution in [0.4, 0.5) is 5.69 Å². The van der Waals surface area contributed by atoms with E-state index in [1.165, 1.54) is 17.7 Å². The summed E-state index contributed by atoms with van der Waals surface area (Å²) < 4.78 is 18.2. The highest BCUT2D eigenvalue weighted by molar-refractivity contribution is 7.93. The molecule has 1 fully saturated rings. The smallest absolute Gasteiger partial charge is 0.119 e. The molecule has 7 heteroatoms. The number of methoxy groups -OCH3 is 1. The molecule has 0 spiro atoms. The zero-order valence-corrected chi connectivity index (χ0v) is 17.5. The number of hydrogen-bond donors (Lipinski definition) is 0. The molecule has 0 unspecified atom stereocenters. The molecule has 3 aromatic rings. The van der Waals surface area contributed by atoms with Crippen molar-refractivity contribution in [2.45, 2.75) is 6.61 Å². The van der Waals surface area contributed by atoms with Crippen molar-refractivity contribution >= 4 is 17.7 Å². The fourth-order valence-corrected chi connectivity index (χ4v) is 3.65. The highest BCUT2D eigenvalue weighted by Crippen LogP contribution is 2.28. The molecule has 0 radical (unpaired) electrons. The lowest BCUT2D eigenvalue weighted by atomic mass is 10.1. The van der Waals surface area contributed by atoms with Crippen LogP contribution in [0, 0.1) is 0 Å². The summed E-state index contributed by atoms with van der Waals surface area (Å²) in [5, 5.41) is 4.77. The van der Waals surface area contributed by atoms with Crippen LogP contribution in [0.25, 0.3) is 16.9 Å². The van der Waals surface area contributed by atoms with Gasteiger partial charge >= 0.3 is 0 Å². The van der Waals surface area contributed by atoms with E-state index >= 15 is 0 Å². The molecule has 0 N–H and O–H groups in total. The molecule has 6 nitrogen and oxygen atoms in total. The van der Waals surface area contributed by atoms with E-state index in [1.54, 1.807) is 7.11 Å². The minimum atomic E-state index is 0.461. The molecule has 1 saturated heterocycles. The highest BCUT2D eigenvalue weighted by Gasteiger charge is 2.15. The monoisotopic (exact) mass is 411 g/mol. The Kier molecular flexibility index (Phi) is 6.39. The van der Waals surface area contributed by atoms with Gasteiger partial charge in [-0.2, -0.15) is 5.10 Å². The van der Waals surface area contributed by atoms with Crippen LogP contribution in [0.2, 0.25) is 0 Å².